The number of benzene rings is 1. The van der Waals surface area contributed by atoms with Gasteiger partial charge in [-0.1, -0.05) is 11.6 Å². The van der Waals surface area contributed by atoms with Crippen LogP contribution >= 0.6 is 11.6 Å². The molecule has 9 heteroatoms. The number of ether oxygens (including phenoxy) is 1. The van der Waals surface area contributed by atoms with E-state index >= 15 is 0 Å². The van der Waals surface area contributed by atoms with E-state index in [2.05, 4.69) is 4.98 Å². The van der Waals surface area contributed by atoms with Crippen molar-refractivity contribution in [2.45, 2.75) is 26.4 Å². The van der Waals surface area contributed by atoms with Crippen molar-refractivity contribution in [1.29, 1.82) is 0 Å². The average molecular weight is 385 g/mol. The number of carbonyl (C=O) groups excluding carboxylic acids is 1. The Bertz CT molecular complexity index is 868. The Morgan fingerprint density at radius 3 is 2.35 bits per heavy atom. The summed E-state index contributed by atoms with van der Waals surface area (Å²) in [7, 11) is 0. The van der Waals surface area contributed by atoms with Gasteiger partial charge < -0.3 is 9.84 Å². The third kappa shape index (κ3) is 4.45. The van der Waals surface area contributed by atoms with Crippen molar-refractivity contribution in [3.8, 4) is 0 Å². The number of carboxylic acids is 1. The third-order valence-electron chi connectivity index (χ3n) is 3.02. The van der Waals surface area contributed by atoms with Gasteiger partial charge in [-0.2, -0.15) is 0 Å². The molecule has 0 bridgehead atoms. The Morgan fingerprint density at radius 2 is 1.85 bits per heavy atom. The van der Waals surface area contributed by atoms with Crippen molar-refractivity contribution in [1.82, 2.24) is 4.98 Å². The smallest absolute Gasteiger partial charge is 0.420 e. The number of nitrogens with zero attached hydrogens (tertiary/aromatic N) is 2. The molecule has 0 radical (unpaired) electrons. The largest absolute Gasteiger partial charge is 0.478 e. The van der Waals surface area contributed by atoms with Gasteiger partial charge in [-0.25, -0.2) is 28.3 Å². The molecule has 1 aromatic heterocycles. The fraction of sp³-hybridized carbons (Fsp3) is 0.235. The average Bonchev–Trinajstić information content (AvgIpc) is 2.50. The molecule has 0 atom stereocenters. The number of aromatic carboxylic acids is 1. The fourth-order valence-electron chi connectivity index (χ4n) is 1.96. The van der Waals surface area contributed by atoms with Crippen molar-refractivity contribution in [2.75, 3.05) is 4.90 Å². The molecule has 1 N–H and O–H groups in total. The summed E-state index contributed by atoms with van der Waals surface area (Å²) in [6.07, 6.45) is 0.0434. The van der Waals surface area contributed by atoms with Crippen LogP contribution in [0.4, 0.5) is 25.1 Å². The highest BCUT2D eigenvalue weighted by Gasteiger charge is 2.28. The molecule has 0 aliphatic carbocycles. The van der Waals surface area contributed by atoms with Gasteiger partial charge in [0.2, 0.25) is 0 Å². The van der Waals surface area contributed by atoms with Crippen LogP contribution in [-0.4, -0.2) is 27.8 Å². The predicted octanol–water partition coefficient (Wildman–Crippen LogP) is 4.78. The first-order chi connectivity index (χ1) is 12.0. The molecule has 0 spiro atoms. The number of hydrogen-bond acceptors (Lipinski definition) is 4. The molecular formula is C17H15ClF2N2O4. The minimum absolute atomic E-state index is 0.0874. The number of halogens is 3. The Balaban J connectivity index is 2.58. The number of hydrogen-bond donors (Lipinski definition) is 1. The SMILES string of the molecule is CC(C)(C)OC(=O)N(c1ccc(F)c(F)c1)c1ncc(C(=O)O)cc1Cl. The zero-order chi connectivity index (χ0) is 19.6. The van der Waals surface area contributed by atoms with Gasteiger partial charge in [-0.3, -0.25) is 0 Å². The summed E-state index contributed by atoms with van der Waals surface area (Å²) in [4.78, 5) is 28.3. The van der Waals surface area contributed by atoms with Crippen LogP contribution in [0.15, 0.2) is 30.5 Å². The molecule has 0 aliphatic heterocycles. The van der Waals surface area contributed by atoms with E-state index in [-0.39, 0.29) is 22.1 Å². The minimum atomic E-state index is -1.26. The van der Waals surface area contributed by atoms with Gasteiger partial charge in [0.05, 0.1) is 16.3 Å². The van der Waals surface area contributed by atoms with Gasteiger partial charge >= 0.3 is 12.1 Å². The standard InChI is InChI=1S/C17H15ClF2N2O4/c1-17(2,3)26-16(25)22(10-4-5-12(19)13(20)7-10)14-11(18)6-9(8-21-14)15(23)24/h4-8H,1-3H3,(H,23,24). The van der Waals surface area contributed by atoms with E-state index in [1.165, 1.54) is 0 Å². The Morgan fingerprint density at radius 1 is 1.19 bits per heavy atom. The van der Waals surface area contributed by atoms with Crippen LogP contribution in [0.3, 0.4) is 0 Å². The van der Waals surface area contributed by atoms with E-state index in [0.717, 1.165) is 35.4 Å². The molecule has 0 saturated heterocycles. The number of aromatic nitrogens is 1. The first kappa shape index (κ1) is 19.6. The van der Waals surface area contributed by atoms with Crippen LogP contribution in [0.2, 0.25) is 5.02 Å². The van der Waals surface area contributed by atoms with Crippen LogP contribution in [0.25, 0.3) is 0 Å². The summed E-state index contributed by atoms with van der Waals surface area (Å²) in [5, 5.41) is 8.81. The van der Waals surface area contributed by atoms with Crippen LogP contribution in [0.5, 0.6) is 0 Å². The quantitative estimate of drug-likeness (QED) is 0.823. The van der Waals surface area contributed by atoms with E-state index in [9.17, 15) is 18.4 Å². The zero-order valence-corrected chi connectivity index (χ0v) is 14.8. The van der Waals surface area contributed by atoms with Gasteiger partial charge in [0.1, 0.15) is 5.60 Å². The van der Waals surface area contributed by atoms with Crippen molar-refractivity contribution in [2.24, 2.45) is 0 Å². The lowest BCUT2D eigenvalue weighted by Gasteiger charge is -2.27. The summed E-state index contributed by atoms with van der Waals surface area (Å²) < 4.78 is 32.2. The van der Waals surface area contributed by atoms with Gasteiger partial charge in [-0.05, 0) is 39.0 Å². The van der Waals surface area contributed by atoms with Gasteiger partial charge in [0.25, 0.3) is 0 Å². The molecule has 1 heterocycles. The molecule has 0 fully saturated rings. The molecular weight excluding hydrogens is 370 g/mol. The molecule has 1 amide bonds. The Kier molecular flexibility index (Phi) is 5.46. The molecule has 0 saturated carbocycles. The lowest BCUT2D eigenvalue weighted by Crippen LogP contribution is -2.34. The van der Waals surface area contributed by atoms with E-state index < -0.39 is 29.3 Å². The Hall–Kier alpha value is -2.74. The number of carbonyl (C=O) groups is 2. The zero-order valence-electron chi connectivity index (χ0n) is 14.1. The molecule has 6 nitrogen and oxygen atoms in total. The van der Waals surface area contributed by atoms with E-state index in [1.807, 2.05) is 0 Å². The molecule has 0 aliphatic rings. The van der Waals surface area contributed by atoms with Gasteiger partial charge in [-0.15, -0.1) is 0 Å². The van der Waals surface area contributed by atoms with Gasteiger partial charge in [0, 0.05) is 12.3 Å². The van der Waals surface area contributed by atoms with Crippen LogP contribution in [0, 0.1) is 11.6 Å². The normalized spacial score (nSPS) is 11.2. The summed E-state index contributed by atoms with van der Waals surface area (Å²) in [5.41, 5.74) is -1.18. The molecule has 26 heavy (non-hydrogen) atoms. The van der Waals surface area contributed by atoms with Crippen LogP contribution < -0.4 is 4.90 Å². The minimum Gasteiger partial charge on any atom is -0.478 e. The maximum absolute atomic E-state index is 13.6. The summed E-state index contributed by atoms with van der Waals surface area (Å²) in [6.45, 7) is 4.87. The number of pyridine rings is 1. The topological polar surface area (TPSA) is 79.7 Å². The highest BCUT2D eigenvalue weighted by atomic mass is 35.5. The summed E-state index contributed by atoms with van der Waals surface area (Å²) >= 11 is 6.06. The van der Waals surface area contributed by atoms with E-state index in [1.54, 1.807) is 20.8 Å². The first-order valence-electron chi connectivity index (χ1n) is 7.36. The molecule has 0 unspecified atom stereocenters. The van der Waals surface area contributed by atoms with Gasteiger partial charge in [0.15, 0.2) is 17.5 Å². The lowest BCUT2D eigenvalue weighted by atomic mass is 10.2. The van der Waals surface area contributed by atoms with Crippen molar-refractivity contribution < 1.29 is 28.2 Å². The predicted molar refractivity (Wildman–Crippen MR) is 90.9 cm³/mol. The molecule has 138 valence electrons. The molecule has 1 aromatic carbocycles. The number of rotatable bonds is 3. The van der Waals surface area contributed by atoms with E-state index in [4.69, 9.17) is 21.4 Å². The first-order valence-corrected chi connectivity index (χ1v) is 7.74. The summed E-state index contributed by atoms with van der Waals surface area (Å²) in [5.74, 6) is -3.73. The highest BCUT2D eigenvalue weighted by Crippen LogP contribution is 2.33. The number of amides is 1. The van der Waals surface area contributed by atoms with Crippen LogP contribution in [-0.2, 0) is 4.74 Å². The maximum atomic E-state index is 13.6. The van der Waals surface area contributed by atoms with Crippen molar-refractivity contribution in [3.63, 3.8) is 0 Å². The second kappa shape index (κ2) is 7.25. The van der Waals surface area contributed by atoms with Crippen LogP contribution in [0.1, 0.15) is 31.1 Å². The second-order valence-corrected chi connectivity index (χ2v) is 6.66. The monoisotopic (exact) mass is 384 g/mol. The highest BCUT2D eigenvalue weighted by molar-refractivity contribution is 6.34. The summed E-state index contributed by atoms with van der Waals surface area (Å²) in [6, 6.07) is 3.85. The molecule has 2 aromatic rings. The third-order valence-corrected chi connectivity index (χ3v) is 3.30. The van der Waals surface area contributed by atoms with Crippen molar-refractivity contribution in [3.05, 3.63) is 52.7 Å². The number of anilines is 2. The van der Waals surface area contributed by atoms with Crippen molar-refractivity contribution >= 4 is 35.2 Å². The maximum Gasteiger partial charge on any atom is 0.420 e. The second-order valence-electron chi connectivity index (χ2n) is 6.25. The fourth-order valence-corrected chi connectivity index (χ4v) is 2.21. The van der Waals surface area contributed by atoms with E-state index in [0.29, 0.717) is 0 Å². The molecule has 2 rings (SSSR count). The lowest BCUT2D eigenvalue weighted by molar-refractivity contribution is 0.0597. The Labute approximate surface area is 153 Å². The number of carboxylic acid groups (broad SMARTS) is 1.